The smallest absolute Gasteiger partial charge is 0.234 e. The molecule has 0 aromatic carbocycles. The summed E-state index contributed by atoms with van der Waals surface area (Å²) in [6, 6.07) is 3.37. The van der Waals surface area contributed by atoms with Crippen molar-refractivity contribution in [2.45, 2.75) is 20.4 Å². The highest BCUT2D eigenvalue weighted by molar-refractivity contribution is 6.31. The zero-order valence-corrected chi connectivity index (χ0v) is 12.4. The molecule has 1 aromatic heterocycles. The molecule has 0 fully saturated rings. The van der Waals surface area contributed by atoms with Gasteiger partial charge in [-0.2, -0.15) is 0 Å². The van der Waals surface area contributed by atoms with E-state index in [-0.39, 0.29) is 5.91 Å². The molecule has 3 N–H and O–H groups in total. The summed E-state index contributed by atoms with van der Waals surface area (Å²) in [6.45, 7) is 5.59. The number of aromatic nitrogens is 1. The number of rotatable bonds is 6. The molecule has 0 saturated carbocycles. The Balaban J connectivity index is 2.48. The van der Waals surface area contributed by atoms with E-state index >= 15 is 0 Å². The SMILES string of the molecule is CC(C)CNC(=O)CN(C)Cc1nc(N)ccc1Cl. The number of halogens is 1. The number of nitrogens with one attached hydrogen (secondary N) is 1. The van der Waals surface area contributed by atoms with Crippen molar-refractivity contribution in [3.05, 3.63) is 22.8 Å². The fraction of sp³-hybridized carbons (Fsp3) is 0.538. The highest BCUT2D eigenvalue weighted by Gasteiger charge is 2.10. The average Bonchev–Trinajstić information content (AvgIpc) is 2.31. The number of carbonyl (C=O) groups is 1. The monoisotopic (exact) mass is 284 g/mol. The molecule has 0 atom stereocenters. The lowest BCUT2D eigenvalue weighted by molar-refractivity contribution is -0.122. The van der Waals surface area contributed by atoms with Gasteiger partial charge in [0, 0.05) is 13.1 Å². The molecule has 0 saturated heterocycles. The topological polar surface area (TPSA) is 71.2 Å². The van der Waals surface area contributed by atoms with E-state index in [2.05, 4.69) is 24.1 Å². The van der Waals surface area contributed by atoms with Crippen LogP contribution < -0.4 is 11.1 Å². The highest BCUT2D eigenvalue weighted by Crippen LogP contribution is 2.16. The molecule has 1 rings (SSSR count). The number of nitrogens with zero attached hydrogens (tertiary/aromatic N) is 2. The Bertz CT molecular complexity index is 437. The van der Waals surface area contributed by atoms with E-state index in [1.807, 2.05) is 11.9 Å². The van der Waals surface area contributed by atoms with Gasteiger partial charge in [0.15, 0.2) is 0 Å². The van der Waals surface area contributed by atoms with Crippen molar-refractivity contribution >= 4 is 23.3 Å². The highest BCUT2D eigenvalue weighted by atomic mass is 35.5. The molecule has 0 spiro atoms. The molecular formula is C13H21ClN4O. The Kier molecular flexibility index (Phi) is 6.05. The van der Waals surface area contributed by atoms with Crippen LogP contribution >= 0.6 is 11.6 Å². The second kappa shape index (κ2) is 7.31. The van der Waals surface area contributed by atoms with Gasteiger partial charge in [0.1, 0.15) is 5.82 Å². The lowest BCUT2D eigenvalue weighted by Crippen LogP contribution is -2.36. The van der Waals surface area contributed by atoms with Gasteiger partial charge in [-0.1, -0.05) is 25.4 Å². The average molecular weight is 285 g/mol. The number of carbonyl (C=O) groups excluding carboxylic acids is 1. The second-order valence-corrected chi connectivity index (χ2v) is 5.44. The molecule has 0 aliphatic rings. The Morgan fingerprint density at radius 1 is 1.53 bits per heavy atom. The predicted molar refractivity (Wildman–Crippen MR) is 77.8 cm³/mol. The lowest BCUT2D eigenvalue weighted by atomic mass is 10.2. The zero-order valence-electron chi connectivity index (χ0n) is 11.6. The molecule has 0 aliphatic heterocycles. The van der Waals surface area contributed by atoms with Crippen molar-refractivity contribution in [1.29, 1.82) is 0 Å². The van der Waals surface area contributed by atoms with Gasteiger partial charge in [-0.3, -0.25) is 9.69 Å². The van der Waals surface area contributed by atoms with Crippen LogP contribution in [-0.4, -0.2) is 35.9 Å². The van der Waals surface area contributed by atoms with E-state index in [0.717, 1.165) is 0 Å². The number of anilines is 1. The summed E-state index contributed by atoms with van der Waals surface area (Å²) in [5.74, 6) is 0.868. The summed E-state index contributed by atoms with van der Waals surface area (Å²) in [5, 5.41) is 3.43. The van der Waals surface area contributed by atoms with E-state index in [4.69, 9.17) is 17.3 Å². The summed E-state index contributed by atoms with van der Waals surface area (Å²) in [4.78, 5) is 17.7. The molecule has 1 heterocycles. The molecule has 0 unspecified atom stereocenters. The third-order valence-corrected chi connectivity index (χ3v) is 2.82. The Morgan fingerprint density at radius 3 is 2.84 bits per heavy atom. The summed E-state index contributed by atoms with van der Waals surface area (Å²) in [5.41, 5.74) is 6.30. The van der Waals surface area contributed by atoms with Crippen LogP contribution in [0.2, 0.25) is 5.02 Å². The molecule has 5 nitrogen and oxygen atoms in total. The predicted octanol–water partition coefficient (Wildman–Crippen LogP) is 1.52. The van der Waals surface area contributed by atoms with Crippen LogP contribution in [0.25, 0.3) is 0 Å². The maximum Gasteiger partial charge on any atom is 0.234 e. The Labute approximate surface area is 119 Å². The van der Waals surface area contributed by atoms with Crippen LogP contribution in [0.15, 0.2) is 12.1 Å². The first kappa shape index (κ1) is 15.7. The Morgan fingerprint density at radius 2 is 2.21 bits per heavy atom. The molecule has 0 aliphatic carbocycles. The zero-order chi connectivity index (χ0) is 14.4. The molecule has 0 radical (unpaired) electrons. The van der Waals surface area contributed by atoms with E-state index in [1.54, 1.807) is 12.1 Å². The van der Waals surface area contributed by atoms with Crippen LogP contribution in [0.5, 0.6) is 0 Å². The number of hydrogen-bond donors (Lipinski definition) is 2. The molecule has 1 aromatic rings. The van der Waals surface area contributed by atoms with Crippen molar-refractivity contribution in [2.24, 2.45) is 5.92 Å². The molecular weight excluding hydrogens is 264 g/mol. The van der Waals surface area contributed by atoms with Crippen molar-refractivity contribution in [2.75, 3.05) is 25.9 Å². The van der Waals surface area contributed by atoms with E-state index in [0.29, 0.717) is 42.1 Å². The van der Waals surface area contributed by atoms with Gasteiger partial charge >= 0.3 is 0 Å². The van der Waals surface area contributed by atoms with Gasteiger partial charge in [-0.25, -0.2) is 4.98 Å². The van der Waals surface area contributed by atoms with Gasteiger partial charge in [0.2, 0.25) is 5.91 Å². The van der Waals surface area contributed by atoms with Gasteiger partial charge in [-0.15, -0.1) is 0 Å². The third kappa shape index (κ3) is 5.89. The largest absolute Gasteiger partial charge is 0.384 e. The minimum atomic E-state index is -0.00349. The fourth-order valence-corrected chi connectivity index (χ4v) is 1.71. The van der Waals surface area contributed by atoms with Crippen LogP contribution in [0.4, 0.5) is 5.82 Å². The minimum Gasteiger partial charge on any atom is -0.384 e. The molecule has 1 amide bonds. The minimum absolute atomic E-state index is 0.00349. The normalized spacial score (nSPS) is 11.1. The molecule has 0 bridgehead atoms. The number of amides is 1. The first-order valence-corrected chi connectivity index (χ1v) is 6.62. The summed E-state index contributed by atoms with van der Waals surface area (Å²) in [6.07, 6.45) is 0. The molecule has 19 heavy (non-hydrogen) atoms. The van der Waals surface area contributed by atoms with Crippen molar-refractivity contribution in [3.8, 4) is 0 Å². The third-order valence-electron chi connectivity index (χ3n) is 2.48. The number of likely N-dealkylation sites (N-methyl/N-ethyl adjacent to an activating group) is 1. The maximum atomic E-state index is 11.7. The van der Waals surface area contributed by atoms with Crippen molar-refractivity contribution < 1.29 is 4.79 Å². The number of nitrogen functional groups attached to an aromatic ring is 1. The van der Waals surface area contributed by atoms with Gasteiger partial charge in [0.05, 0.1) is 17.3 Å². The van der Waals surface area contributed by atoms with Gasteiger partial charge in [-0.05, 0) is 25.1 Å². The van der Waals surface area contributed by atoms with Crippen LogP contribution in [0, 0.1) is 5.92 Å². The summed E-state index contributed by atoms with van der Waals surface area (Å²) < 4.78 is 0. The fourth-order valence-electron chi connectivity index (χ4n) is 1.54. The summed E-state index contributed by atoms with van der Waals surface area (Å²) in [7, 11) is 1.84. The molecule has 6 heteroatoms. The van der Waals surface area contributed by atoms with E-state index in [1.165, 1.54) is 0 Å². The first-order valence-electron chi connectivity index (χ1n) is 6.24. The number of pyridine rings is 1. The van der Waals surface area contributed by atoms with Gasteiger partial charge in [0.25, 0.3) is 0 Å². The van der Waals surface area contributed by atoms with Gasteiger partial charge < -0.3 is 11.1 Å². The number of nitrogens with two attached hydrogens (primary N) is 1. The first-order chi connectivity index (χ1) is 8.88. The standard InChI is InChI=1S/C13H21ClN4O/c1-9(2)6-16-13(19)8-18(3)7-11-10(14)4-5-12(15)17-11/h4-5,9H,6-8H2,1-3H3,(H2,15,17)(H,16,19). The van der Waals surface area contributed by atoms with E-state index in [9.17, 15) is 4.79 Å². The lowest BCUT2D eigenvalue weighted by Gasteiger charge is -2.17. The Hall–Kier alpha value is -1.33. The van der Waals surface area contributed by atoms with E-state index < -0.39 is 0 Å². The van der Waals surface area contributed by atoms with Crippen LogP contribution in [-0.2, 0) is 11.3 Å². The quantitative estimate of drug-likeness (QED) is 0.831. The van der Waals surface area contributed by atoms with Crippen LogP contribution in [0.3, 0.4) is 0 Å². The number of hydrogen-bond acceptors (Lipinski definition) is 4. The van der Waals surface area contributed by atoms with Crippen molar-refractivity contribution in [3.63, 3.8) is 0 Å². The van der Waals surface area contributed by atoms with Crippen LogP contribution in [0.1, 0.15) is 19.5 Å². The summed E-state index contributed by atoms with van der Waals surface area (Å²) >= 11 is 6.03. The maximum absolute atomic E-state index is 11.7. The van der Waals surface area contributed by atoms with Crippen molar-refractivity contribution in [1.82, 2.24) is 15.2 Å². The second-order valence-electron chi connectivity index (χ2n) is 5.03. The molecule has 106 valence electrons.